The first-order valence-corrected chi connectivity index (χ1v) is 3.06. The summed E-state index contributed by atoms with van der Waals surface area (Å²) >= 11 is 0. The third-order valence-electron chi connectivity index (χ3n) is 1.48. The Bertz CT molecular complexity index is 225. The van der Waals surface area contributed by atoms with Gasteiger partial charge in [0.25, 0.3) is 0 Å². The van der Waals surface area contributed by atoms with Crippen LogP contribution >= 0.6 is 0 Å². The molecule has 0 aromatic carbocycles. The molecule has 0 unspecified atom stereocenters. The first-order valence-electron chi connectivity index (χ1n) is 3.06. The molecule has 1 heterocycles. The molecule has 0 aromatic rings. The molecule has 2 N–H and O–H groups in total. The van der Waals surface area contributed by atoms with Crippen LogP contribution in [-0.4, -0.2) is 17.9 Å². The lowest BCUT2D eigenvalue weighted by Gasteiger charge is -2.19. The summed E-state index contributed by atoms with van der Waals surface area (Å²) in [5.41, 5.74) is 7.34. The topological polar surface area (TPSA) is 41.6 Å². The van der Waals surface area contributed by atoms with Crippen LogP contribution < -0.4 is 5.73 Å². The van der Waals surface area contributed by atoms with E-state index in [0.717, 1.165) is 11.3 Å². The van der Waals surface area contributed by atoms with E-state index in [1.54, 1.807) is 5.01 Å². The van der Waals surface area contributed by atoms with Crippen molar-refractivity contribution in [1.29, 1.82) is 0 Å². The molecule has 3 heteroatoms. The predicted molar refractivity (Wildman–Crippen MR) is 42.3 cm³/mol. The molecule has 0 amide bonds. The van der Waals surface area contributed by atoms with Crippen LogP contribution in [0.2, 0.25) is 0 Å². The second-order valence-electron chi connectivity index (χ2n) is 2.32. The van der Waals surface area contributed by atoms with Crippen LogP contribution in [0, 0.1) is 0 Å². The Morgan fingerprint density at radius 2 is 2.30 bits per heavy atom. The van der Waals surface area contributed by atoms with Crippen molar-refractivity contribution < 1.29 is 0 Å². The van der Waals surface area contributed by atoms with E-state index in [2.05, 4.69) is 11.7 Å². The van der Waals surface area contributed by atoms with Crippen molar-refractivity contribution in [2.45, 2.75) is 6.92 Å². The van der Waals surface area contributed by atoms with Crippen molar-refractivity contribution in [2.24, 2.45) is 10.8 Å². The molecule has 0 saturated carbocycles. The zero-order valence-corrected chi connectivity index (χ0v) is 6.26. The minimum atomic E-state index is 0.494. The van der Waals surface area contributed by atoms with Crippen LogP contribution in [0.5, 0.6) is 0 Å². The number of nitrogens with zero attached hydrogens (tertiary/aromatic N) is 2. The summed E-state index contributed by atoms with van der Waals surface area (Å²) in [5, 5.41) is 5.73. The van der Waals surface area contributed by atoms with E-state index in [1.807, 2.05) is 20.0 Å². The van der Waals surface area contributed by atoms with Crippen LogP contribution in [0.1, 0.15) is 6.92 Å². The molecule has 54 valence electrons. The van der Waals surface area contributed by atoms with Gasteiger partial charge < -0.3 is 5.73 Å². The minimum absolute atomic E-state index is 0.494. The van der Waals surface area contributed by atoms with Crippen LogP contribution in [0.25, 0.3) is 0 Å². The SMILES string of the molecule is C=C1C=C(C)N(C)N=C1N. The van der Waals surface area contributed by atoms with Gasteiger partial charge in [0.2, 0.25) is 0 Å². The lowest BCUT2D eigenvalue weighted by molar-refractivity contribution is 0.442. The first kappa shape index (κ1) is 6.86. The Hall–Kier alpha value is -1.25. The van der Waals surface area contributed by atoms with Gasteiger partial charge in [-0.2, -0.15) is 5.10 Å². The van der Waals surface area contributed by atoms with E-state index in [4.69, 9.17) is 5.73 Å². The molecule has 0 radical (unpaired) electrons. The second kappa shape index (κ2) is 2.17. The van der Waals surface area contributed by atoms with E-state index in [0.29, 0.717) is 5.84 Å². The molecule has 0 spiro atoms. The van der Waals surface area contributed by atoms with Gasteiger partial charge in [0.15, 0.2) is 5.84 Å². The summed E-state index contributed by atoms with van der Waals surface area (Å²) in [6.07, 6.45) is 1.91. The Kier molecular flexibility index (Phi) is 1.49. The van der Waals surface area contributed by atoms with E-state index in [9.17, 15) is 0 Å². The van der Waals surface area contributed by atoms with Crippen LogP contribution in [0.3, 0.4) is 0 Å². The summed E-state index contributed by atoms with van der Waals surface area (Å²) in [6.45, 7) is 5.68. The number of hydrogen-bond donors (Lipinski definition) is 1. The van der Waals surface area contributed by atoms with Crippen LogP contribution in [-0.2, 0) is 0 Å². The fourth-order valence-electron chi connectivity index (χ4n) is 0.724. The number of nitrogens with two attached hydrogens (primary N) is 1. The zero-order chi connectivity index (χ0) is 7.72. The maximum Gasteiger partial charge on any atom is 0.150 e. The van der Waals surface area contributed by atoms with E-state index in [-0.39, 0.29) is 0 Å². The average molecular weight is 137 g/mol. The van der Waals surface area contributed by atoms with E-state index < -0.39 is 0 Å². The maximum atomic E-state index is 5.50. The normalized spacial score (nSPS) is 18.6. The average Bonchev–Trinajstić information content (AvgIpc) is 1.84. The van der Waals surface area contributed by atoms with Gasteiger partial charge in [0.1, 0.15) is 0 Å². The molecule has 10 heavy (non-hydrogen) atoms. The van der Waals surface area contributed by atoms with Gasteiger partial charge in [-0.05, 0) is 13.0 Å². The van der Waals surface area contributed by atoms with Gasteiger partial charge in [-0.15, -0.1) is 0 Å². The molecule has 0 aromatic heterocycles. The van der Waals surface area contributed by atoms with Gasteiger partial charge in [-0.25, -0.2) is 0 Å². The summed E-state index contributed by atoms with van der Waals surface area (Å²) in [4.78, 5) is 0. The number of hydrazone groups is 1. The Balaban J connectivity index is 2.92. The van der Waals surface area contributed by atoms with Gasteiger partial charge in [0.05, 0.1) is 0 Å². The molecule has 0 atom stereocenters. The molecule has 0 bridgehead atoms. The fraction of sp³-hybridized carbons (Fsp3) is 0.286. The van der Waals surface area contributed by atoms with Crippen molar-refractivity contribution in [3.63, 3.8) is 0 Å². The number of hydrogen-bond acceptors (Lipinski definition) is 3. The van der Waals surface area contributed by atoms with Crippen molar-refractivity contribution in [3.8, 4) is 0 Å². The molecule has 1 rings (SSSR count). The van der Waals surface area contributed by atoms with Gasteiger partial charge >= 0.3 is 0 Å². The van der Waals surface area contributed by atoms with E-state index >= 15 is 0 Å². The molecular weight excluding hydrogens is 126 g/mol. The van der Waals surface area contributed by atoms with Crippen molar-refractivity contribution in [3.05, 3.63) is 23.9 Å². The molecule has 1 aliphatic heterocycles. The molecule has 0 aliphatic carbocycles. The highest BCUT2D eigenvalue weighted by atomic mass is 15.5. The number of rotatable bonds is 0. The third kappa shape index (κ3) is 1.03. The van der Waals surface area contributed by atoms with Crippen LogP contribution in [0.4, 0.5) is 0 Å². The Labute approximate surface area is 60.5 Å². The highest BCUT2D eigenvalue weighted by Gasteiger charge is 2.07. The summed E-state index contributed by atoms with van der Waals surface area (Å²) in [7, 11) is 1.85. The Morgan fingerprint density at radius 3 is 2.80 bits per heavy atom. The van der Waals surface area contributed by atoms with Crippen molar-refractivity contribution in [2.75, 3.05) is 7.05 Å². The zero-order valence-electron chi connectivity index (χ0n) is 6.26. The van der Waals surface area contributed by atoms with Gasteiger partial charge in [0, 0.05) is 18.3 Å². The minimum Gasteiger partial charge on any atom is -0.382 e. The van der Waals surface area contributed by atoms with Crippen molar-refractivity contribution in [1.82, 2.24) is 5.01 Å². The van der Waals surface area contributed by atoms with Gasteiger partial charge in [-0.3, -0.25) is 5.01 Å². The first-order chi connectivity index (χ1) is 4.61. The fourth-order valence-corrected chi connectivity index (χ4v) is 0.724. The summed E-state index contributed by atoms with van der Waals surface area (Å²) < 4.78 is 0. The number of allylic oxidation sites excluding steroid dienone is 1. The maximum absolute atomic E-state index is 5.50. The molecule has 0 fully saturated rings. The quantitative estimate of drug-likeness (QED) is 0.533. The molecule has 3 nitrogen and oxygen atoms in total. The van der Waals surface area contributed by atoms with Gasteiger partial charge in [-0.1, -0.05) is 6.58 Å². The third-order valence-corrected chi connectivity index (χ3v) is 1.48. The predicted octanol–water partition coefficient (Wildman–Crippen LogP) is 0.664. The monoisotopic (exact) mass is 137 g/mol. The Morgan fingerprint density at radius 1 is 1.70 bits per heavy atom. The summed E-state index contributed by atoms with van der Waals surface area (Å²) in [5.74, 6) is 0.494. The molecular formula is C7H11N3. The largest absolute Gasteiger partial charge is 0.382 e. The molecule has 1 aliphatic rings. The van der Waals surface area contributed by atoms with E-state index in [1.165, 1.54) is 0 Å². The number of amidine groups is 1. The highest BCUT2D eigenvalue weighted by molar-refractivity contribution is 5.99. The van der Waals surface area contributed by atoms with Crippen molar-refractivity contribution >= 4 is 5.84 Å². The second-order valence-corrected chi connectivity index (χ2v) is 2.32. The standard InChI is InChI=1S/C7H11N3/c1-5-4-6(2)10(3)9-7(5)8/h4H,1H2,2-3H3,(H2,8,9). The lowest BCUT2D eigenvalue weighted by atomic mass is 10.2. The molecule has 0 saturated heterocycles. The highest BCUT2D eigenvalue weighted by Crippen LogP contribution is 2.10. The van der Waals surface area contributed by atoms with Crippen LogP contribution in [0.15, 0.2) is 29.0 Å². The summed E-state index contributed by atoms with van der Waals surface area (Å²) in [6, 6.07) is 0. The lowest BCUT2D eigenvalue weighted by Crippen LogP contribution is -2.24. The smallest absolute Gasteiger partial charge is 0.150 e.